The first kappa shape index (κ1) is 14.6. The zero-order valence-electron chi connectivity index (χ0n) is 12.7. The van der Waals surface area contributed by atoms with Crippen molar-refractivity contribution in [1.82, 2.24) is 19.9 Å². The molecule has 0 radical (unpaired) electrons. The maximum absolute atomic E-state index is 12.9. The molecule has 0 unspecified atom stereocenters. The predicted octanol–water partition coefficient (Wildman–Crippen LogP) is 2.08. The molecule has 1 aliphatic carbocycles. The standard InChI is InChI=1S/C16H18N4O2S/c21-15-11-5-6-20(7-12(11)17-8-18-15)16(22)14-13(19-9-23-14)10-3-1-2-4-10/h8-10H,1-7H2,(H,17,18,21). The van der Waals surface area contributed by atoms with Crippen molar-refractivity contribution in [3.05, 3.63) is 44.0 Å². The zero-order chi connectivity index (χ0) is 15.8. The quantitative estimate of drug-likeness (QED) is 0.914. The number of fused-ring (bicyclic) bond motifs is 1. The van der Waals surface area contributed by atoms with Crippen molar-refractivity contribution in [2.75, 3.05) is 6.54 Å². The van der Waals surface area contributed by atoms with Crippen molar-refractivity contribution < 1.29 is 4.79 Å². The third-order valence-electron chi connectivity index (χ3n) is 4.83. The first-order valence-corrected chi connectivity index (χ1v) is 8.90. The molecule has 3 heterocycles. The summed E-state index contributed by atoms with van der Waals surface area (Å²) in [4.78, 5) is 38.6. The van der Waals surface area contributed by atoms with Crippen LogP contribution in [0.25, 0.3) is 0 Å². The molecule has 0 atom stereocenters. The maximum Gasteiger partial charge on any atom is 0.266 e. The number of carbonyl (C=O) groups excluding carboxylic acids is 1. The molecule has 120 valence electrons. The number of amides is 1. The lowest BCUT2D eigenvalue weighted by molar-refractivity contribution is 0.0734. The minimum Gasteiger partial charge on any atom is -0.332 e. The maximum atomic E-state index is 12.9. The highest BCUT2D eigenvalue weighted by Gasteiger charge is 2.30. The van der Waals surface area contributed by atoms with Crippen LogP contribution in [0.15, 0.2) is 16.6 Å². The van der Waals surface area contributed by atoms with Crippen LogP contribution >= 0.6 is 11.3 Å². The van der Waals surface area contributed by atoms with Gasteiger partial charge in [-0.2, -0.15) is 0 Å². The van der Waals surface area contributed by atoms with E-state index in [0.717, 1.165) is 23.4 Å². The molecule has 1 saturated carbocycles. The summed E-state index contributed by atoms with van der Waals surface area (Å²) in [5.41, 5.74) is 4.08. The Hall–Kier alpha value is -2.02. The number of hydrogen-bond donors (Lipinski definition) is 1. The topological polar surface area (TPSA) is 79.0 Å². The number of carbonyl (C=O) groups is 1. The van der Waals surface area contributed by atoms with Gasteiger partial charge in [-0.25, -0.2) is 9.97 Å². The van der Waals surface area contributed by atoms with Gasteiger partial charge in [0.2, 0.25) is 0 Å². The summed E-state index contributed by atoms with van der Waals surface area (Å²) in [5, 5.41) is 0. The Bertz CT molecular complexity index is 791. The summed E-state index contributed by atoms with van der Waals surface area (Å²) < 4.78 is 0. The lowest BCUT2D eigenvalue weighted by atomic mass is 10.0. The van der Waals surface area contributed by atoms with Crippen LogP contribution in [0.1, 0.15) is 58.2 Å². The molecule has 6 nitrogen and oxygen atoms in total. The molecule has 2 aliphatic rings. The molecule has 1 fully saturated rings. The summed E-state index contributed by atoms with van der Waals surface area (Å²) in [6.45, 7) is 0.961. The fraction of sp³-hybridized carbons (Fsp3) is 0.500. The Balaban J connectivity index is 1.59. The SMILES string of the molecule is O=C(c1scnc1C1CCCC1)N1CCc2c(nc[nH]c2=O)C1. The lowest BCUT2D eigenvalue weighted by Gasteiger charge is -2.27. The molecular formula is C16H18N4O2S. The minimum absolute atomic E-state index is 0.0298. The Morgan fingerprint density at radius 1 is 1.30 bits per heavy atom. The Morgan fingerprint density at radius 2 is 2.13 bits per heavy atom. The number of nitrogens with one attached hydrogen (secondary N) is 1. The lowest BCUT2D eigenvalue weighted by Crippen LogP contribution is -2.39. The highest BCUT2D eigenvalue weighted by atomic mass is 32.1. The molecule has 1 N–H and O–H groups in total. The van der Waals surface area contributed by atoms with Gasteiger partial charge in [-0.15, -0.1) is 11.3 Å². The van der Waals surface area contributed by atoms with Gasteiger partial charge >= 0.3 is 0 Å². The number of rotatable bonds is 2. The normalized spacial score (nSPS) is 18.2. The monoisotopic (exact) mass is 330 g/mol. The van der Waals surface area contributed by atoms with Gasteiger partial charge in [0, 0.05) is 18.0 Å². The van der Waals surface area contributed by atoms with E-state index in [9.17, 15) is 9.59 Å². The van der Waals surface area contributed by atoms with E-state index in [2.05, 4.69) is 15.0 Å². The van der Waals surface area contributed by atoms with Crippen LogP contribution in [0.5, 0.6) is 0 Å². The molecule has 4 rings (SSSR count). The summed E-state index contributed by atoms with van der Waals surface area (Å²) in [7, 11) is 0. The molecule has 1 amide bonds. The Labute approximate surface area is 137 Å². The number of H-pyrrole nitrogens is 1. The Morgan fingerprint density at radius 3 is 2.96 bits per heavy atom. The van der Waals surface area contributed by atoms with E-state index in [1.54, 1.807) is 10.4 Å². The molecule has 23 heavy (non-hydrogen) atoms. The van der Waals surface area contributed by atoms with Crippen molar-refractivity contribution in [2.45, 2.75) is 44.6 Å². The fourth-order valence-electron chi connectivity index (χ4n) is 3.59. The molecule has 1 aliphatic heterocycles. The first-order chi connectivity index (χ1) is 11.2. The van der Waals surface area contributed by atoms with Crippen molar-refractivity contribution in [3.63, 3.8) is 0 Å². The predicted molar refractivity (Wildman–Crippen MR) is 86.6 cm³/mol. The summed E-state index contributed by atoms with van der Waals surface area (Å²) in [5.74, 6) is 0.459. The van der Waals surface area contributed by atoms with Gasteiger partial charge in [-0.1, -0.05) is 12.8 Å². The third kappa shape index (κ3) is 2.59. The average molecular weight is 330 g/mol. The molecule has 0 saturated heterocycles. The molecular weight excluding hydrogens is 312 g/mol. The highest BCUT2D eigenvalue weighted by Crippen LogP contribution is 2.36. The molecule has 2 aromatic rings. The molecule has 0 spiro atoms. The van der Waals surface area contributed by atoms with E-state index in [-0.39, 0.29) is 11.5 Å². The van der Waals surface area contributed by atoms with E-state index >= 15 is 0 Å². The van der Waals surface area contributed by atoms with Gasteiger partial charge in [-0.05, 0) is 19.3 Å². The Kier molecular flexibility index (Phi) is 3.72. The van der Waals surface area contributed by atoms with Crippen LogP contribution in [-0.4, -0.2) is 32.3 Å². The fourth-order valence-corrected chi connectivity index (χ4v) is 4.43. The van der Waals surface area contributed by atoms with Crippen molar-refractivity contribution >= 4 is 17.2 Å². The largest absolute Gasteiger partial charge is 0.332 e. The first-order valence-electron chi connectivity index (χ1n) is 8.02. The second-order valence-corrected chi connectivity index (χ2v) is 7.04. The van der Waals surface area contributed by atoms with Crippen LogP contribution in [0.3, 0.4) is 0 Å². The smallest absolute Gasteiger partial charge is 0.266 e. The second kappa shape index (κ2) is 5.88. The van der Waals surface area contributed by atoms with Crippen molar-refractivity contribution in [3.8, 4) is 0 Å². The second-order valence-electron chi connectivity index (χ2n) is 6.18. The summed E-state index contributed by atoms with van der Waals surface area (Å²) in [6.07, 6.45) is 6.67. The van der Waals surface area contributed by atoms with Gasteiger partial charge in [0.15, 0.2) is 0 Å². The summed E-state index contributed by atoms with van der Waals surface area (Å²) >= 11 is 1.43. The van der Waals surface area contributed by atoms with Crippen LogP contribution in [0, 0.1) is 0 Å². The number of aromatic nitrogens is 3. The van der Waals surface area contributed by atoms with Gasteiger partial charge < -0.3 is 9.88 Å². The van der Waals surface area contributed by atoms with Gasteiger partial charge in [-0.3, -0.25) is 9.59 Å². The number of hydrogen-bond acceptors (Lipinski definition) is 5. The zero-order valence-corrected chi connectivity index (χ0v) is 13.6. The molecule has 7 heteroatoms. The van der Waals surface area contributed by atoms with Gasteiger partial charge in [0.1, 0.15) is 4.88 Å². The van der Waals surface area contributed by atoms with E-state index in [1.807, 2.05) is 0 Å². The summed E-state index contributed by atoms with van der Waals surface area (Å²) in [6, 6.07) is 0. The van der Waals surface area contributed by atoms with E-state index in [0.29, 0.717) is 36.7 Å². The van der Waals surface area contributed by atoms with Gasteiger partial charge in [0.05, 0.1) is 29.8 Å². The van der Waals surface area contributed by atoms with E-state index in [1.165, 1.54) is 30.5 Å². The third-order valence-corrected chi connectivity index (χ3v) is 5.66. The highest BCUT2D eigenvalue weighted by molar-refractivity contribution is 7.11. The van der Waals surface area contributed by atoms with E-state index in [4.69, 9.17) is 0 Å². The van der Waals surface area contributed by atoms with Crippen LogP contribution in [0.4, 0.5) is 0 Å². The van der Waals surface area contributed by atoms with Crippen LogP contribution < -0.4 is 5.56 Å². The number of thiazole rings is 1. The number of nitrogens with zero attached hydrogens (tertiary/aromatic N) is 3. The minimum atomic E-state index is -0.0912. The number of aromatic amines is 1. The molecule has 0 bridgehead atoms. The molecule has 0 aromatic carbocycles. The average Bonchev–Trinajstić information content (AvgIpc) is 3.25. The van der Waals surface area contributed by atoms with E-state index < -0.39 is 0 Å². The van der Waals surface area contributed by atoms with Crippen LogP contribution in [-0.2, 0) is 13.0 Å². The molecule has 2 aromatic heterocycles. The van der Waals surface area contributed by atoms with Crippen molar-refractivity contribution in [1.29, 1.82) is 0 Å². The van der Waals surface area contributed by atoms with Crippen molar-refractivity contribution in [2.24, 2.45) is 0 Å². The van der Waals surface area contributed by atoms with Gasteiger partial charge in [0.25, 0.3) is 11.5 Å². The van der Waals surface area contributed by atoms with Crippen LogP contribution in [0.2, 0.25) is 0 Å².